The molecule has 0 aromatic heterocycles. The minimum atomic E-state index is 0.777. The third kappa shape index (κ3) is 5.84. The first kappa shape index (κ1) is 27.3. The molecule has 2 heteroatoms. The largest absolute Gasteiger partial charge is 0.311 e. The molecule has 0 saturated heterocycles. The minimum absolute atomic E-state index is 0.777. The SMILES string of the molecule is [B]c1ccc2cc(/C=C(/c3ccc(N(c4ccccc4)c4ccccc4)cc3)c3cccc(-c4ccccc4)c3)ccc2c1. The molecule has 7 aromatic carbocycles. The quantitative estimate of drug-likeness (QED) is 0.139. The lowest BCUT2D eigenvalue weighted by Gasteiger charge is -2.25. The molecule has 2 radical (unpaired) electrons. The van der Waals surface area contributed by atoms with Crippen LogP contribution in [0.5, 0.6) is 0 Å². The van der Waals surface area contributed by atoms with Crippen molar-refractivity contribution in [2.24, 2.45) is 0 Å². The van der Waals surface area contributed by atoms with Gasteiger partial charge in [-0.05, 0) is 98.8 Å². The van der Waals surface area contributed by atoms with Crippen LogP contribution in [-0.4, -0.2) is 7.85 Å². The van der Waals surface area contributed by atoms with E-state index in [9.17, 15) is 0 Å². The molecule has 0 amide bonds. The third-order valence-electron chi connectivity index (χ3n) is 7.95. The second kappa shape index (κ2) is 12.3. The number of hydrogen-bond donors (Lipinski definition) is 0. The number of rotatable bonds is 7. The van der Waals surface area contributed by atoms with E-state index < -0.39 is 0 Å². The first-order chi connectivity index (χ1) is 21.7. The lowest BCUT2D eigenvalue weighted by atomic mass is 9.91. The van der Waals surface area contributed by atoms with Crippen LogP contribution < -0.4 is 10.4 Å². The van der Waals surface area contributed by atoms with Crippen molar-refractivity contribution in [3.63, 3.8) is 0 Å². The van der Waals surface area contributed by atoms with Gasteiger partial charge in [-0.25, -0.2) is 0 Å². The normalized spacial score (nSPS) is 11.4. The van der Waals surface area contributed by atoms with Crippen LogP contribution in [0.4, 0.5) is 17.1 Å². The highest BCUT2D eigenvalue weighted by Crippen LogP contribution is 2.36. The van der Waals surface area contributed by atoms with Gasteiger partial charge in [-0.1, -0.05) is 133 Å². The summed E-state index contributed by atoms with van der Waals surface area (Å²) < 4.78 is 0. The molecule has 0 unspecified atom stereocenters. The molecule has 0 saturated carbocycles. The van der Waals surface area contributed by atoms with Crippen LogP contribution in [0.15, 0.2) is 176 Å². The van der Waals surface area contributed by atoms with Gasteiger partial charge in [-0.2, -0.15) is 0 Å². The van der Waals surface area contributed by atoms with Crippen LogP contribution in [0.3, 0.4) is 0 Å². The van der Waals surface area contributed by atoms with Gasteiger partial charge in [0.15, 0.2) is 0 Å². The van der Waals surface area contributed by atoms with Crippen LogP contribution in [0.1, 0.15) is 16.7 Å². The molecule has 0 aliphatic carbocycles. The maximum Gasteiger partial charge on any atom is 0.113 e. The number of hydrogen-bond acceptors (Lipinski definition) is 1. The van der Waals surface area contributed by atoms with Crippen molar-refractivity contribution in [1.29, 1.82) is 0 Å². The average Bonchev–Trinajstić information content (AvgIpc) is 3.09. The van der Waals surface area contributed by atoms with E-state index in [-0.39, 0.29) is 0 Å². The van der Waals surface area contributed by atoms with E-state index in [1.165, 1.54) is 22.1 Å². The lowest BCUT2D eigenvalue weighted by molar-refractivity contribution is 1.28. The Labute approximate surface area is 260 Å². The van der Waals surface area contributed by atoms with E-state index in [0.29, 0.717) is 0 Å². The zero-order valence-corrected chi connectivity index (χ0v) is 24.3. The van der Waals surface area contributed by atoms with Gasteiger partial charge >= 0.3 is 0 Å². The van der Waals surface area contributed by atoms with Crippen LogP contribution in [0.25, 0.3) is 33.5 Å². The molecule has 44 heavy (non-hydrogen) atoms. The molecule has 0 N–H and O–H groups in total. The van der Waals surface area contributed by atoms with Crippen molar-refractivity contribution in [3.05, 3.63) is 193 Å². The Morgan fingerprint density at radius 1 is 0.432 bits per heavy atom. The molecular weight excluding hydrogens is 529 g/mol. The molecule has 206 valence electrons. The third-order valence-corrected chi connectivity index (χ3v) is 7.95. The van der Waals surface area contributed by atoms with Crippen LogP contribution in [-0.2, 0) is 0 Å². The molecule has 0 aliphatic rings. The van der Waals surface area contributed by atoms with Gasteiger partial charge in [0.1, 0.15) is 7.85 Å². The Morgan fingerprint density at radius 2 is 1.00 bits per heavy atom. The molecule has 0 fully saturated rings. The van der Waals surface area contributed by atoms with Gasteiger partial charge in [0.05, 0.1) is 0 Å². The number of nitrogens with zero attached hydrogens (tertiary/aromatic N) is 1. The highest BCUT2D eigenvalue weighted by atomic mass is 15.1. The molecule has 1 nitrogen and oxygen atoms in total. The Morgan fingerprint density at radius 3 is 1.68 bits per heavy atom. The zero-order valence-electron chi connectivity index (χ0n) is 24.3. The standard InChI is InChI=1S/C42H30BN/c43-38-24-21-35-27-31(19-20-36(35)30-38)28-42(37-14-10-13-34(29-37)32-11-4-1-5-12-32)33-22-25-41(26-23-33)44(39-15-6-2-7-16-39)40-17-8-3-9-18-40/h1-30H/b42-28-. The van der Waals surface area contributed by atoms with Crippen molar-refractivity contribution in [2.75, 3.05) is 4.90 Å². The van der Waals surface area contributed by atoms with Gasteiger partial charge < -0.3 is 4.90 Å². The molecular formula is C42H30BN. The van der Waals surface area contributed by atoms with Crippen LogP contribution in [0, 0.1) is 0 Å². The Balaban J connectivity index is 1.34. The zero-order chi connectivity index (χ0) is 29.7. The summed E-state index contributed by atoms with van der Waals surface area (Å²) in [6.07, 6.45) is 2.29. The number of benzene rings is 7. The fraction of sp³-hybridized carbons (Fsp3) is 0. The van der Waals surface area contributed by atoms with Crippen molar-refractivity contribution >= 4 is 52.8 Å². The number of fused-ring (bicyclic) bond motifs is 1. The van der Waals surface area contributed by atoms with Gasteiger partial charge in [0.2, 0.25) is 0 Å². The predicted octanol–water partition coefficient (Wildman–Crippen LogP) is 10.4. The number of para-hydroxylation sites is 2. The molecule has 0 heterocycles. The summed E-state index contributed by atoms with van der Waals surface area (Å²) in [4.78, 5) is 2.29. The van der Waals surface area contributed by atoms with Crippen molar-refractivity contribution in [3.8, 4) is 11.1 Å². The molecule has 7 aromatic rings. The molecule has 7 rings (SSSR count). The Bertz CT molecular complexity index is 2010. The summed E-state index contributed by atoms with van der Waals surface area (Å²) in [5, 5.41) is 2.31. The summed E-state index contributed by atoms with van der Waals surface area (Å²) in [6.45, 7) is 0. The fourth-order valence-corrected chi connectivity index (χ4v) is 5.76. The Hall–Kier alpha value is -5.60. The highest BCUT2D eigenvalue weighted by molar-refractivity contribution is 6.33. The summed E-state index contributed by atoms with van der Waals surface area (Å²) in [7, 11) is 6.05. The topological polar surface area (TPSA) is 3.24 Å². The number of anilines is 3. The lowest BCUT2D eigenvalue weighted by Crippen LogP contribution is -2.09. The maximum atomic E-state index is 6.05. The fourth-order valence-electron chi connectivity index (χ4n) is 5.76. The average molecular weight is 560 g/mol. The predicted molar refractivity (Wildman–Crippen MR) is 189 cm³/mol. The van der Waals surface area contributed by atoms with E-state index in [0.717, 1.165) is 44.6 Å². The first-order valence-electron chi connectivity index (χ1n) is 14.9. The minimum Gasteiger partial charge on any atom is -0.311 e. The van der Waals surface area contributed by atoms with Gasteiger partial charge in [-0.3, -0.25) is 0 Å². The van der Waals surface area contributed by atoms with Crippen molar-refractivity contribution < 1.29 is 0 Å². The van der Waals surface area contributed by atoms with E-state index in [1.54, 1.807) is 0 Å². The second-order valence-corrected chi connectivity index (χ2v) is 10.9. The van der Waals surface area contributed by atoms with Gasteiger partial charge in [0, 0.05) is 17.1 Å². The second-order valence-electron chi connectivity index (χ2n) is 10.9. The van der Waals surface area contributed by atoms with Gasteiger partial charge in [-0.15, -0.1) is 0 Å². The highest BCUT2D eigenvalue weighted by Gasteiger charge is 2.14. The van der Waals surface area contributed by atoms with Gasteiger partial charge in [0.25, 0.3) is 0 Å². The maximum absolute atomic E-state index is 6.05. The van der Waals surface area contributed by atoms with Crippen LogP contribution >= 0.6 is 0 Å². The van der Waals surface area contributed by atoms with Crippen LogP contribution in [0.2, 0.25) is 0 Å². The molecule has 0 bridgehead atoms. The Kier molecular flexibility index (Phi) is 7.64. The van der Waals surface area contributed by atoms with Crippen molar-refractivity contribution in [1.82, 2.24) is 0 Å². The van der Waals surface area contributed by atoms with Crippen molar-refractivity contribution in [2.45, 2.75) is 0 Å². The monoisotopic (exact) mass is 559 g/mol. The van der Waals surface area contributed by atoms with E-state index in [1.807, 2.05) is 12.1 Å². The summed E-state index contributed by atoms with van der Waals surface area (Å²) in [6, 6.07) is 61.9. The molecule has 0 spiro atoms. The molecule has 0 aliphatic heterocycles. The van der Waals surface area contributed by atoms with E-state index >= 15 is 0 Å². The smallest absolute Gasteiger partial charge is 0.113 e. The van der Waals surface area contributed by atoms with E-state index in [4.69, 9.17) is 7.85 Å². The van der Waals surface area contributed by atoms with E-state index in [2.05, 4.69) is 175 Å². The summed E-state index contributed by atoms with van der Waals surface area (Å²) in [5.41, 5.74) is 11.1. The molecule has 0 atom stereocenters. The summed E-state index contributed by atoms with van der Waals surface area (Å²) in [5.74, 6) is 0. The summed E-state index contributed by atoms with van der Waals surface area (Å²) >= 11 is 0. The first-order valence-corrected chi connectivity index (χ1v) is 14.9.